The van der Waals surface area contributed by atoms with Gasteiger partial charge in [0.2, 0.25) is 10.0 Å². The van der Waals surface area contributed by atoms with Crippen LogP contribution in [-0.4, -0.2) is 44.7 Å². The third kappa shape index (κ3) is 4.53. The van der Waals surface area contributed by atoms with E-state index in [9.17, 15) is 13.2 Å². The number of rotatable bonds is 4. The highest BCUT2D eigenvalue weighted by Crippen LogP contribution is 2.11. The smallest absolute Gasteiger partial charge is 0.317 e. The zero-order valence-electron chi connectivity index (χ0n) is 11.3. The fourth-order valence-corrected chi connectivity index (χ4v) is 3.04. The lowest BCUT2D eigenvalue weighted by atomic mass is 10.1. The maximum Gasteiger partial charge on any atom is 0.317 e. The van der Waals surface area contributed by atoms with Gasteiger partial charge in [0.25, 0.3) is 0 Å². The van der Waals surface area contributed by atoms with E-state index >= 15 is 0 Å². The highest BCUT2D eigenvalue weighted by molar-refractivity contribution is 7.88. The molecule has 2 amide bonds. The van der Waals surface area contributed by atoms with E-state index < -0.39 is 10.0 Å². The van der Waals surface area contributed by atoms with Crippen LogP contribution in [0.1, 0.15) is 18.4 Å². The Labute approximate surface area is 118 Å². The molecule has 0 aromatic carbocycles. The number of hydrogen-bond donors (Lipinski definition) is 2. The molecule has 0 radical (unpaired) electrons. The number of furan rings is 1. The van der Waals surface area contributed by atoms with Crippen LogP contribution < -0.4 is 10.0 Å². The van der Waals surface area contributed by atoms with Gasteiger partial charge in [-0.2, -0.15) is 0 Å². The Balaban J connectivity index is 1.83. The molecule has 1 aromatic heterocycles. The summed E-state index contributed by atoms with van der Waals surface area (Å²) in [5.41, 5.74) is 0.890. The molecule has 1 aliphatic rings. The van der Waals surface area contributed by atoms with Gasteiger partial charge in [0.15, 0.2) is 0 Å². The van der Waals surface area contributed by atoms with Gasteiger partial charge in [-0.25, -0.2) is 17.9 Å². The predicted octanol–water partition coefficient (Wildman–Crippen LogP) is 0.503. The first-order valence-electron chi connectivity index (χ1n) is 6.45. The maximum atomic E-state index is 12.0. The molecular weight excluding hydrogens is 282 g/mol. The van der Waals surface area contributed by atoms with Crippen molar-refractivity contribution < 1.29 is 17.6 Å². The van der Waals surface area contributed by atoms with E-state index in [-0.39, 0.29) is 12.1 Å². The average molecular weight is 301 g/mol. The first kappa shape index (κ1) is 14.9. The topological polar surface area (TPSA) is 91.7 Å². The van der Waals surface area contributed by atoms with Crippen LogP contribution in [0.25, 0.3) is 0 Å². The lowest BCUT2D eigenvalue weighted by Gasteiger charge is -2.32. The second-order valence-electron chi connectivity index (χ2n) is 4.97. The highest BCUT2D eigenvalue weighted by Gasteiger charge is 2.25. The number of urea groups is 1. The zero-order valence-corrected chi connectivity index (χ0v) is 12.1. The molecule has 1 saturated heterocycles. The quantitative estimate of drug-likeness (QED) is 0.847. The minimum Gasteiger partial charge on any atom is -0.472 e. The molecule has 20 heavy (non-hydrogen) atoms. The second kappa shape index (κ2) is 6.27. The van der Waals surface area contributed by atoms with E-state index in [1.807, 2.05) is 0 Å². The van der Waals surface area contributed by atoms with E-state index in [0.717, 1.165) is 24.7 Å². The first-order chi connectivity index (χ1) is 9.44. The molecule has 1 fully saturated rings. The molecule has 0 spiro atoms. The van der Waals surface area contributed by atoms with Gasteiger partial charge in [-0.15, -0.1) is 0 Å². The number of nitrogens with one attached hydrogen (secondary N) is 2. The average Bonchev–Trinajstić information content (AvgIpc) is 2.87. The fraction of sp³-hybridized carbons (Fsp3) is 0.583. The second-order valence-corrected chi connectivity index (χ2v) is 6.75. The van der Waals surface area contributed by atoms with Crippen LogP contribution in [0, 0.1) is 0 Å². The minimum absolute atomic E-state index is 0.189. The highest BCUT2D eigenvalue weighted by atomic mass is 32.2. The molecule has 7 nitrogen and oxygen atoms in total. The summed E-state index contributed by atoms with van der Waals surface area (Å²) in [6, 6.07) is 1.38. The molecule has 1 unspecified atom stereocenters. The van der Waals surface area contributed by atoms with Gasteiger partial charge >= 0.3 is 6.03 Å². The molecule has 8 heteroatoms. The number of hydrogen-bond acceptors (Lipinski definition) is 4. The standard InChI is InChI=1S/C12H19N3O4S/c1-20(17,18)14-11-3-2-5-15(8-11)12(16)13-7-10-4-6-19-9-10/h4,6,9,11,14H,2-3,5,7-8H2,1H3,(H,13,16). The predicted molar refractivity (Wildman–Crippen MR) is 73.5 cm³/mol. The van der Waals surface area contributed by atoms with Gasteiger partial charge in [-0.3, -0.25) is 0 Å². The number of piperidine rings is 1. The largest absolute Gasteiger partial charge is 0.472 e. The van der Waals surface area contributed by atoms with Crippen molar-refractivity contribution in [1.29, 1.82) is 0 Å². The molecule has 112 valence electrons. The van der Waals surface area contributed by atoms with Crippen LogP contribution in [0.2, 0.25) is 0 Å². The van der Waals surface area contributed by atoms with Crippen molar-refractivity contribution in [2.75, 3.05) is 19.3 Å². The molecule has 2 N–H and O–H groups in total. The summed E-state index contributed by atoms with van der Waals surface area (Å²) in [6.07, 6.45) is 5.79. The van der Waals surface area contributed by atoms with Crippen molar-refractivity contribution in [2.24, 2.45) is 0 Å². The number of carbonyl (C=O) groups is 1. The van der Waals surface area contributed by atoms with Gasteiger partial charge in [-0.05, 0) is 18.9 Å². The molecular formula is C12H19N3O4S. The Hall–Kier alpha value is -1.54. The van der Waals surface area contributed by atoms with E-state index in [4.69, 9.17) is 4.42 Å². The molecule has 1 atom stereocenters. The lowest BCUT2D eigenvalue weighted by molar-refractivity contribution is 0.177. The third-order valence-corrected chi connectivity index (χ3v) is 3.87. The summed E-state index contributed by atoms with van der Waals surface area (Å²) in [5, 5.41) is 2.79. The van der Waals surface area contributed by atoms with Crippen molar-refractivity contribution in [2.45, 2.75) is 25.4 Å². The fourth-order valence-electron chi connectivity index (χ4n) is 2.24. The number of sulfonamides is 1. The Morgan fingerprint density at radius 1 is 1.55 bits per heavy atom. The van der Waals surface area contributed by atoms with Gasteiger partial charge < -0.3 is 14.6 Å². The summed E-state index contributed by atoms with van der Waals surface area (Å²) < 4.78 is 29.9. The van der Waals surface area contributed by atoms with Gasteiger partial charge in [0, 0.05) is 31.2 Å². The van der Waals surface area contributed by atoms with Crippen molar-refractivity contribution in [3.63, 3.8) is 0 Å². The normalized spacial score (nSPS) is 19.9. The summed E-state index contributed by atoms with van der Waals surface area (Å²) in [7, 11) is -3.24. The molecule has 2 rings (SSSR count). The van der Waals surface area contributed by atoms with E-state index in [1.54, 1.807) is 23.5 Å². The summed E-state index contributed by atoms with van der Waals surface area (Å²) >= 11 is 0. The monoisotopic (exact) mass is 301 g/mol. The molecule has 0 aliphatic carbocycles. The van der Waals surface area contributed by atoms with Gasteiger partial charge in [-0.1, -0.05) is 0 Å². The number of likely N-dealkylation sites (tertiary alicyclic amines) is 1. The Morgan fingerprint density at radius 2 is 2.35 bits per heavy atom. The van der Waals surface area contributed by atoms with Crippen molar-refractivity contribution in [1.82, 2.24) is 14.9 Å². The van der Waals surface area contributed by atoms with E-state index in [2.05, 4.69) is 10.0 Å². The van der Waals surface area contributed by atoms with Gasteiger partial charge in [0.05, 0.1) is 18.8 Å². The van der Waals surface area contributed by atoms with Crippen LogP contribution in [-0.2, 0) is 16.6 Å². The van der Waals surface area contributed by atoms with Crippen molar-refractivity contribution >= 4 is 16.1 Å². The van der Waals surface area contributed by atoms with Crippen LogP contribution in [0.15, 0.2) is 23.0 Å². The molecule has 2 heterocycles. The Kier molecular flexibility index (Phi) is 4.66. The Bertz CT molecular complexity index is 541. The zero-order chi connectivity index (χ0) is 14.6. The molecule has 0 saturated carbocycles. The Morgan fingerprint density at radius 3 is 3.00 bits per heavy atom. The van der Waals surface area contributed by atoms with Crippen molar-refractivity contribution in [3.05, 3.63) is 24.2 Å². The van der Waals surface area contributed by atoms with E-state index in [0.29, 0.717) is 19.6 Å². The summed E-state index contributed by atoms with van der Waals surface area (Å²) in [5.74, 6) is 0. The van der Waals surface area contributed by atoms with Crippen LogP contribution in [0.4, 0.5) is 4.79 Å². The molecule has 1 aliphatic heterocycles. The van der Waals surface area contributed by atoms with Crippen LogP contribution in [0.5, 0.6) is 0 Å². The van der Waals surface area contributed by atoms with Gasteiger partial charge in [0.1, 0.15) is 0 Å². The lowest BCUT2D eigenvalue weighted by Crippen LogP contribution is -2.51. The summed E-state index contributed by atoms with van der Waals surface area (Å²) in [6.45, 7) is 1.43. The van der Waals surface area contributed by atoms with Crippen LogP contribution >= 0.6 is 0 Å². The number of amides is 2. The SMILES string of the molecule is CS(=O)(=O)NC1CCCN(C(=O)NCc2ccoc2)C1. The first-order valence-corrected chi connectivity index (χ1v) is 8.34. The maximum absolute atomic E-state index is 12.0. The molecule has 0 bridgehead atoms. The van der Waals surface area contributed by atoms with Crippen molar-refractivity contribution in [3.8, 4) is 0 Å². The minimum atomic E-state index is -3.24. The van der Waals surface area contributed by atoms with Crippen LogP contribution in [0.3, 0.4) is 0 Å². The summed E-state index contributed by atoms with van der Waals surface area (Å²) in [4.78, 5) is 13.6. The third-order valence-electron chi connectivity index (χ3n) is 3.11. The number of nitrogens with zero attached hydrogens (tertiary/aromatic N) is 1. The molecule has 1 aromatic rings. The van der Waals surface area contributed by atoms with E-state index in [1.165, 1.54) is 0 Å². The number of carbonyl (C=O) groups excluding carboxylic acids is 1.